The van der Waals surface area contributed by atoms with Gasteiger partial charge < -0.3 is 0 Å². The lowest BCUT2D eigenvalue weighted by Crippen LogP contribution is -2.02. The molecule has 0 spiro atoms. The Hall–Kier alpha value is -5.06. The Labute approximate surface area is 233 Å². The van der Waals surface area contributed by atoms with Crippen LogP contribution in [-0.4, -0.2) is 14.8 Å². The van der Waals surface area contributed by atoms with E-state index in [1.54, 1.807) is 0 Å². The first-order valence-electron chi connectivity index (χ1n) is 13.4. The second kappa shape index (κ2) is 8.22. The zero-order chi connectivity index (χ0) is 26.2. The van der Waals surface area contributed by atoms with Crippen LogP contribution in [0.4, 0.5) is 0 Å². The first-order chi connectivity index (χ1) is 19.8. The predicted octanol–water partition coefficient (Wildman–Crippen LogP) is 9.91. The summed E-state index contributed by atoms with van der Waals surface area (Å²) in [5.74, 6) is 0.851. The van der Waals surface area contributed by atoms with E-state index < -0.39 is 0 Å². The standard InChI is InChI=1S/C36H21N3S/c1-2-11-23-21-32-30(20-22(23)10-1)24-12-5-7-18-31(24)39(32)36-28-15-4-3-14-26(28)34(37-38-36)29-17-9-16-27-25-13-6-8-19-33(25)40-35(27)29/h1-21H. The molecule has 9 aromatic rings. The normalized spacial score (nSPS) is 12.0. The molecule has 0 aliphatic heterocycles. The van der Waals surface area contributed by atoms with E-state index in [0.29, 0.717) is 0 Å². The van der Waals surface area contributed by atoms with Crippen LogP contribution in [0, 0.1) is 0 Å². The second-order valence-corrected chi connectivity index (χ2v) is 11.3. The monoisotopic (exact) mass is 527 g/mol. The molecule has 3 nitrogen and oxygen atoms in total. The number of fused-ring (bicyclic) bond motifs is 8. The van der Waals surface area contributed by atoms with Crippen LogP contribution in [0.3, 0.4) is 0 Å². The zero-order valence-corrected chi connectivity index (χ0v) is 22.2. The van der Waals surface area contributed by atoms with Gasteiger partial charge in [-0.3, -0.25) is 4.57 Å². The van der Waals surface area contributed by atoms with Gasteiger partial charge in [0.15, 0.2) is 5.82 Å². The van der Waals surface area contributed by atoms with Crippen molar-refractivity contribution in [2.75, 3.05) is 0 Å². The number of thiophene rings is 1. The van der Waals surface area contributed by atoms with Crippen molar-refractivity contribution < 1.29 is 0 Å². The molecular weight excluding hydrogens is 506 g/mol. The topological polar surface area (TPSA) is 30.7 Å². The summed E-state index contributed by atoms with van der Waals surface area (Å²) in [6, 6.07) is 45.4. The van der Waals surface area contributed by atoms with Crippen LogP contribution in [-0.2, 0) is 0 Å². The molecule has 4 heteroatoms. The lowest BCUT2D eigenvalue weighted by Gasteiger charge is -2.13. The van der Waals surface area contributed by atoms with Crippen LogP contribution in [0.1, 0.15) is 0 Å². The van der Waals surface area contributed by atoms with Gasteiger partial charge in [-0.05, 0) is 35.0 Å². The fourth-order valence-corrected chi connectivity index (χ4v) is 7.49. The van der Waals surface area contributed by atoms with Crippen molar-refractivity contribution in [1.82, 2.24) is 14.8 Å². The molecule has 9 rings (SSSR count). The lowest BCUT2D eigenvalue weighted by molar-refractivity contribution is 0.978. The van der Waals surface area contributed by atoms with Crippen molar-refractivity contribution in [3.63, 3.8) is 0 Å². The third-order valence-corrected chi connectivity index (χ3v) is 9.30. The highest BCUT2D eigenvalue weighted by molar-refractivity contribution is 7.26. The number of rotatable bonds is 2. The van der Waals surface area contributed by atoms with E-state index in [4.69, 9.17) is 10.2 Å². The molecular formula is C36H21N3S. The molecule has 0 unspecified atom stereocenters. The Bertz CT molecular complexity index is 2450. The van der Waals surface area contributed by atoms with E-state index in [9.17, 15) is 0 Å². The molecule has 6 aromatic carbocycles. The Morgan fingerprint density at radius 2 is 1.15 bits per heavy atom. The number of nitrogens with zero attached hydrogens (tertiary/aromatic N) is 3. The number of benzene rings is 6. The highest BCUT2D eigenvalue weighted by atomic mass is 32.1. The summed E-state index contributed by atoms with van der Waals surface area (Å²) < 4.78 is 4.83. The van der Waals surface area contributed by atoms with Gasteiger partial charge in [0, 0.05) is 47.3 Å². The van der Waals surface area contributed by atoms with Gasteiger partial charge in [-0.1, -0.05) is 103 Å². The SMILES string of the molecule is c1ccc2cc3c(cc2c1)c1ccccc1n3-c1nnc(-c2cccc3c2sc2ccccc23)c2ccccc12. The third-order valence-electron chi connectivity index (χ3n) is 8.08. The Balaban J connectivity index is 1.37. The molecule has 3 aromatic heterocycles. The maximum absolute atomic E-state index is 4.98. The van der Waals surface area contributed by atoms with E-state index in [0.717, 1.165) is 38.9 Å². The van der Waals surface area contributed by atoms with Gasteiger partial charge in [0.05, 0.1) is 11.0 Å². The van der Waals surface area contributed by atoms with Crippen LogP contribution < -0.4 is 0 Å². The number of aromatic nitrogens is 3. The molecule has 0 bridgehead atoms. The molecule has 0 aliphatic rings. The van der Waals surface area contributed by atoms with Crippen molar-refractivity contribution in [1.29, 1.82) is 0 Å². The number of para-hydroxylation sites is 1. The van der Waals surface area contributed by atoms with Crippen LogP contribution in [0.15, 0.2) is 127 Å². The summed E-state index contributed by atoms with van der Waals surface area (Å²) in [4.78, 5) is 0. The first-order valence-corrected chi connectivity index (χ1v) is 14.3. The molecule has 0 amide bonds. The minimum atomic E-state index is 0.851. The lowest BCUT2D eigenvalue weighted by atomic mass is 10.0. The van der Waals surface area contributed by atoms with Crippen LogP contribution in [0.2, 0.25) is 0 Å². The summed E-state index contributed by atoms with van der Waals surface area (Å²) in [5, 5.41) is 19.6. The van der Waals surface area contributed by atoms with E-state index in [2.05, 4.69) is 132 Å². The molecule has 0 fully saturated rings. The van der Waals surface area contributed by atoms with Gasteiger partial charge in [0.2, 0.25) is 0 Å². The van der Waals surface area contributed by atoms with Crippen molar-refractivity contribution in [3.8, 4) is 17.1 Å². The Morgan fingerprint density at radius 3 is 2.02 bits per heavy atom. The summed E-state index contributed by atoms with van der Waals surface area (Å²) in [5.41, 5.74) is 4.32. The first kappa shape index (κ1) is 21.8. The van der Waals surface area contributed by atoms with E-state index in [1.165, 1.54) is 41.7 Å². The molecule has 186 valence electrons. The third kappa shape index (κ3) is 2.99. The fourth-order valence-electron chi connectivity index (χ4n) is 6.27. The maximum Gasteiger partial charge on any atom is 0.168 e. The van der Waals surface area contributed by atoms with Crippen LogP contribution in [0.25, 0.3) is 80.6 Å². The minimum absolute atomic E-state index is 0.851. The smallest absolute Gasteiger partial charge is 0.168 e. The van der Waals surface area contributed by atoms with Crippen molar-refractivity contribution in [2.24, 2.45) is 0 Å². The molecule has 40 heavy (non-hydrogen) atoms. The molecule has 0 radical (unpaired) electrons. The average Bonchev–Trinajstić information content (AvgIpc) is 3.55. The van der Waals surface area contributed by atoms with E-state index >= 15 is 0 Å². The quantitative estimate of drug-likeness (QED) is 0.224. The largest absolute Gasteiger partial charge is 0.292 e. The van der Waals surface area contributed by atoms with Crippen LogP contribution >= 0.6 is 11.3 Å². The number of hydrogen-bond acceptors (Lipinski definition) is 3. The summed E-state index contributed by atoms with van der Waals surface area (Å²) >= 11 is 1.83. The Kier molecular flexibility index (Phi) is 4.48. The molecule has 0 N–H and O–H groups in total. The number of hydrogen-bond donors (Lipinski definition) is 0. The van der Waals surface area contributed by atoms with E-state index in [1.807, 2.05) is 11.3 Å². The molecule has 3 heterocycles. The second-order valence-electron chi connectivity index (χ2n) is 10.3. The molecule has 0 aliphatic carbocycles. The summed E-state index contributed by atoms with van der Waals surface area (Å²) in [7, 11) is 0. The average molecular weight is 528 g/mol. The molecule has 0 saturated heterocycles. The maximum atomic E-state index is 4.98. The van der Waals surface area contributed by atoms with Crippen molar-refractivity contribution in [2.45, 2.75) is 0 Å². The summed E-state index contributed by atoms with van der Waals surface area (Å²) in [6.45, 7) is 0. The minimum Gasteiger partial charge on any atom is -0.292 e. The van der Waals surface area contributed by atoms with Gasteiger partial charge in [0.25, 0.3) is 0 Å². The predicted molar refractivity (Wildman–Crippen MR) is 170 cm³/mol. The van der Waals surface area contributed by atoms with Gasteiger partial charge in [-0.25, -0.2) is 0 Å². The van der Waals surface area contributed by atoms with Crippen molar-refractivity contribution in [3.05, 3.63) is 127 Å². The van der Waals surface area contributed by atoms with Crippen LogP contribution in [0.5, 0.6) is 0 Å². The highest BCUT2D eigenvalue weighted by Crippen LogP contribution is 2.42. The van der Waals surface area contributed by atoms with Gasteiger partial charge >= 0.3 is 0 Å². The Morgan fingerprint density at radius 1 is 0.475 bits per heavy atom. The van der Waals surface area contributed by atoms with E-state index in [-0.39, 0.29) is 0 Å². The fraction of sp³-hybridized carbons (Fsp3) is 0. The zero-order valence-electron chi connectivity index (χ0n) is 21.4. The highest BCUT2D eigenvalue weighted by Gasteiger charge is 2.20. The van der Waals surface area contributed by atoms with Crippen molar-refractivity contribution >= 4 is 74.9 Å². The van der Waals surface area contributed by atoms with Gasteiger partial charge in [-0.2, -0.15) is 0 Å². The summed E-state index contributed by atoms with van der Waals surface area (Å²) in [6.07, 6.45) is 0. The van der Waals surface area contributed by atoms with Gasteiger partial charge in [0.1, 0.15) is 5.69 Å². The molecule has 0 saturated carbocycles. The van der Waals surface area contributed by atoms with Gasteiger partial charge in [-0.15, -0.1) is 21.5 Å². The molecule has 0 atom stereocenters.